The molecule has 1 unspecified atom stereocenters. The minimum atomic E-state index is 0.677. The highest BCUT2D eigenvalue weighted by molar-refractivity contribution is 5.78. The molecular weight excluding hydrogens is 236 g/mol. The second kappa shape index (κ2) is 6.13. The van der Waals surface area contributed by atoms with Gasteiger partial charge in [-0.25, -0.2) is 0 Å². The Morgan fingerprint density at radius 3 is 3.21 bits per heavy atom. The maximum atomic E-state index is 5.85. The summed E-state index contributed by atoms with van der Waals surface area (Å²) in [6.07, 6.45) is 4.39. The molecule has 19 heavy (non-hydrogen) atoms. The average molecular weight is 256 g/mol. The van der Waals surface area contributed by atoms with Gasteiger partial charge in [0.1, 0.15) is 0 Å². The van der Waals surface area contributed by atoms with Crippen LogP contribution in [0, 0.1) is 5.92 Å². The Morgan fingerprint density at radius 2 is 2.32 bits per heavy atom. The number of nitrogens with zero attached hydrogens (tertiary/aromatic N) is 1. The Labute approximate surface area is 114 Å². The van der Waals surface area contributed by atoms with Crippen LogP contribution in [-0.2, 0) is 11.3 Å². The number of rotatable bonds is 4. The molecule has 1 atom stereocenters. The maximum Gasteiger partial charge on any atom is 0.0717 e. The SMILES string of the molecule is c1cnc2ccc(COCC3CCCNC3)cc2c1. The zero-order valence-electron chi connectivity index (χ0n) is 11.1. The molecule has 100 valence electrons. The highest BCUT2D eigenvalue weighted by atomic mass is 16.5. The molecule has 1 fully saturated rings. The second-order valence-electron chi connectivity index (χ2n) is 5.26. The van der Waals surface area contributed by atoms with E-state index < -0.39 is 0 Å². The van der Waals surface area contributed by atoms with Gasteiger partial charge in [-0.1, -0.05) is 12.1 Å². The normalized spacial score (nSPS) is 19.7. The van der Waals surface area contributed by atoms with Crippen molar-refractivity contribution in [2.24, 2.45) is 5.92 Å². The molecular formula is C16H20N2O. The predicted molar refractivity (Wildman–Crippen MR) is 77.0 cm³/mol. The van der Waals surface area contributed by atoms with Crippen LogP contribution in [0.5, 0.6) is 0 Å². The number of ether oxygens (including phenoxy) is 1. The van der Waals surface area contributed by atoms with Crippen LogP contribution in [0.15, 0.2) is 36.5 Å². The first-order chi connectivity index (χ1) is 9.42. The van der Waals surface area contributed by atoms with Crippen LogP contribution in [0.25, 0.3) is 10.9 Å². The molecule has 1 saturated heterocycles. The van der Waals surface area contributed by atoms with Gasteiger partial charge in [0.25, 0.3) is 0 Å². The fraction of sp³-hybridized carbons (Fsp3) is 0.438. The van der Waals surface area contributed by atoms with E-state index in [9.17, 15) is 0 Å². The first-order valence-electron chi connectivity index (χ1n) is 7.04. The summed E-state index contributed by atoms with van der Waals surface area (Å²) in [7, 11) is 0. The standard InChI is InChI=1S/C16H20N2O/c1-3-14(10-17-7-1)12-19-11-13-5-6-16-15(9-13)4-2-8-18-16/h2,4-6,8-9,14,17H,1,3,7,10-12H2. The van der Waals surface area contributed by atoms with E-state index in [0.29, 0.717) is 12.5 Å². The van der Waals surface area contributed by atoms with Gasteiger partial charge in [-0.3, -0.25) is 4.98 Å². The summed E-state index contributed by atoms with van der Waals surface area (Å²) in [4.78, 5) is 4.33. The van der Waals surface area contributed by atoms with Gasteiger partial charge < -0.3 is 10.1 Å². The molecule has 0 amide bonds. The highest BCUT2D eigenvalue weighted by Gasteiger charge is 2.12. The Morgan fingerprint density at radius 1 is 1.32 bits per heavy atom. The molecule has 1 aliphatic rings. The van der Waals surface area contributed by atoms with E-state index in [1.165, 1.54) is 23.8 Å². The molecule has 0 spiro atoms. The van der Waals surface area contributed by atoms with Crippen LogP contribution >= 0.6 is 0 Å². The molecule has 1 aromatic carbocycles. The molecule has 0 aliphatic carbocycles. The number of hydrogen-bond acceptors (Lipinski definition) is 3. The van der Waals surface area contributed by atoms with Crippen LogP contribution < -0.4 is 5.32 Å². The van der Waals surface area contributed by atoms with Gasteiger partial charge in [0.2, 0.25) is 0 Å². The van der Waals surface area contributed by atoms with E-state index in [-0.39, 0.29) is 0 Å². The minimum absolute atomic E-state index is 0.677. The van der Waals surface area contributed by atoms with Crippen LogP contribution in [0.1, 0.15) is 18.4 Å². The summed E-state index contributed by atoms with van der Waals surface area (Å²) in [5, 5.41) is 4.60. The lowest BCUT2D eigenvalue weighted by molar-refractivity contribution is 0.0783. The molecule has 1 aromatic heterocycles. The summed E-state index contributed by atoms with van der Waals surface area (Å²) in [5.74, 6) is 0.677. The number of aromatic nitrogens is 1. The Bertz CT molecular complexity index is 535. The average Bonchev–Trinajstić information content (AvgIpc) is 2.48. The van der Waals surface area contributed by atoms with Crippen molar-refractivity contribution in [1.82, 2.24) is 10.3 Å². The van der Waals surface area contributed by atoms with E-state index >= 15 is 0 Å². The van der Waals surface area contributed by atoms with Gasteiger partial charge in [0.15, 0.2) is 0 Å². The third kappa shape index (κ3) is 3.31. The van der Waals surface area contributed by atoms with Crippen molar-refractivity contribution in [2.75, 3.05) is 19.7 Å². The van der Waals surface area contributed by atoms with Crippen LogP contribution in [0.2, 0.25) is 0 Å². The zero-order valence-corrected chi connectivity index (χ0v) is 11.1. The monoisotopic (exact) mass is 256 g/mol. The van der Waals surface area contributed by atoms with Crippen molar-refractivity contribution >= 4 is 10.9 Å². The minimum Gasteiger partial charge on any atom is -0.376 e. The van der Waals surface area contributed by atoms with E-state index in [1.807, 2.05) is 12.3 Å². The lowest BCUT2D eigenvalue weighted by atomic mass is 10.0. The summed E-state index contributed by atoms with van der Waals surface area (Å²) >= 11 is 0. The third-order valence-corrected chi connectivity index (χ3v) is 3.69. The molecule has 3 heteroatoms. The topological polar surface area (TPSA) is 34.1 Å². The molecule has 2 heterocycles. The van der Waals surface area contributed by atoms with Crippen molar-refractivity contribution in [1.29, 1.82) is 0 Å². The largest absolute Gasteiger partial charge is 0.376 e. The van der Waals surface area contributed by atoms with Gasteiger partial charge in [0.05, 0.1) is 18.7 Å². The van der Waals surface area contributed by atoms with E-state index in [1.54, 1.807) is 0 Å². The number of fused-ring (bicyclic) bond motifs is 1. The zero-order chi connectivity index (χ0) is 12.9. The lowest BCUT2D eigenvalue weighted by Gasteiger charge is -2.22. The van der Waals surface area contributed by atoms with Crippen molar-refractivity contribution in [3.63, 3.8) is 0 Å². The second-order valence-corrected chi connectivity index (χ2v) is 5.26. The van der Waals surface area contributed by atoms with E-state index in [4.69, 9.17) is 4.74 Å². The Balaban J connectivity index is 1.56. The number of nitrogens with one attached hydrogen (secondary N) is 1. The summed E-state index contributed by atoms with van der Waals surface area (Å²) in [6, 6.07) is 10.4. The molecule has 3 nitrogen and oxygen atoms in total. The molecule has 2 aromatic rings. The van der Waals surface area contributed by atoms with Gasteiger partial charge in [-0.15, -0.1) is 0 Å². The van der Waals surface area contributed by atoms with Gasteiger partial charge >= 0.3 is 0 Å². The number of pyridine rings is 1. The fourth-order valence-corrected chi connectivity index (χ4v) is 2.62. The van der Waals surface area contributed by atoms with Crippen molar-refractivity contribution in [3.05, 3.63) is 42.1 Å². The van der Waals surface area contributed by atoms with Crippen molar-refractivity contribution in [3.8, 4) is 0 Å². The number of piperidine rings is 1. The van der Waals surface area contributed by atoms with Crippen molar-refractivity contribution in [2.45, 2.75) is 19.4 Å². The molecule has 1 aliphatic heterocycles. The van der Waals surface area contributed by atoms with Gasteiger partial charge in [-0.05, 0) is 49.1 Å². The summed E-state index contributed by atoms with van der Waals surface area (Å²) in [6.45, 7) is 3.81. The first kappa shape index (κ1) is 12.6. The Hall–Kier alpha value is -1.45. The van der Waals surface area contributed by atoms with Crippen LogP contribution in [0.3, 0.4) is 0 Å². The fourth-order valence-electron chi connectivity index (χ4n) is 2.62. The maximum absolute atomic E-state index is 5.85. The van der Waals surface area contributed by atoms with E-state index in [2.05, 4.69) is 34.6 Å². The number of hydrogen-bond donors (Lipinski definition) is 1. The molecule has 1 N–H and O–H groups in total. The van der Waals surface area contributed by atoms with Crippen molar-refractivity contribution < 1.29 is 4.74 Å². The first-order valence-corrected chi connectivity index (χ1v) is 7.04. The molecule has 0 saturated carbocycles. The quantitative estimate of drug-likeness (QED) is 0.913. The third-order valence-electron chi connectivity index (χ3n) is 3.69. The van der Waals surface area contributed by atoms with Gasteiger partial charge in [-0.2, -0.15) is 0 Å². The van der Waals surface area contributed by atoms with Crippen LogP contribution in [0.4, 0.5) is 0 Å². The smallest absolute Gasteiger partial charge is 0.0717 e. The molecule has 0 bridgehead atoms. The summed E-state index contributed by atoms with van der Waals surface area (Å²) < 4.78 is 5.85. The lowest BCUT2D eigenvalue weighted by Crippen LogP contribution is -2.32. The van der Waals surface area contributed by atoms with Gasteiger partial charge in [0, 0.05) is 18.1 Å². The molecule has 3 rings (SSSR count). The summed E-state index contributed by atoms with van der Waals surface area (Å²) in [5.41, 5.74) is 2.27. The number of benzene rings is 1. The predicted octanol–water partition coefficient (Wildman–Crippen LogP) is 2.75. The highest BCUT2D eigenvalue weighted by Crippen LogP contribution is 2.15. The molecule has 0 radical (unpaired) electrons. The Kier molecular flexibility index (Phi) is 4.06. The van der Waals surface area contributed by atoms with E-state index in [0.717, 1.165) is 25.2 Å². The van der Waals surface area contributed by atoms with Crippen LogP contribution in [-0.4, -0.2) is 24.7 Å².